The third kappa shape index (κ3) is 1.98. The third-order valence-electron chi connectivity index (χ3n) is 3.76. The maximum atomic E-state index is 5.79. The molecule has 1 aliphatic rings. The van der Waals surface area contributed by atoms with Crippen LogP contribution in [0.4, 0.5) is 11.5 Å². The number of nitrogens with zero attached hydrogens (tertiary/aromatic N) is 3. The van der Waals surface area contributed by atoms with Gasteiger partial charge in [0.05, 0.1) is 5.52 Å². The summed E-state index contributed by atoms with van der Waals surface area (Å²) in [5.74, 6) is 1.83. The Bertz CT molecular complexity index is 563. The van der Waals surface area contributed by atoms with Gasteiger partial charge in [0.25, 0.3) is 0 Å². The molecule has 4 heteroatoms. The summed E-state index contributed by atoms with van der Waals surface area (Å²) in [5, 5.41) is 1.08. The Balaban J connectivity index is 1.94. The van der Waals surface area contributed by atoms with Crippen molar-refractivity contribution in [1.29, 1.82) is 0 Å². The molecular weight excluding hydrogens is 224 g/mol. The highest BCUT2D eigenvalue weighted by molar-refractivity contribution is 5.91. The predicted molar refractivity (Wildman–Crippen MR) is 74.6 cm³/mol. The van der Waals surface area contributed by atoms with E-state index in [1.165, 1.54) is 19.3 Å². The maximum Gasteiger partial charge on any atom is 0.139 e. The lowest BCUT2D eigenvalue weighted by Gasteiger charge is -2.31. The average molecular weight is 242 g/mol. The second kappa shape index (κ2) is 4.44. The molecule has 0 atom stereocenters. The van der Waals surface area contributed by atoms with Crippen LogP contribution >= 0.6 is 0 Å². The second-order valence-corrected chi connectivity index (χ2v) is 5.15. The Kier molecular flexibility index (Phi) is 2.78. The molecule has 0 unspecified atom stereocenters. The quantitative estimate of drug-likeness (QED) is 0.840. The molecule has 3 rings (SSSR count). The summed E-state index contributed by atoms with van der Waals surface area (Å²) in [6.07, 6.45) is 5.69. The highest BCUT2D eigenvalue weighted by Gasteiger charge is 2.20. The molecule has 1 aromatic carbocycles. The average Bonchev–Trinajstić information content (AvgIpc) is 2.32. The summed E-state index contributed by atoms with van der Waals surface area (Å²) in [5.41, 5.74) is 7.45. The predicted octanol–water partition coefficient (Wildman–Crippen LogP) is 2.45. The van der Waals surface area contributed by atoms with Crippen LogP contribution in [-0.4, -0.2) is 23.6 Å². The Morgan fingerprint density at radius 1 is 1.33 bits per heavy atom. The summed E-state index contributed by atoms with van der Waals surface area (Å²) in [6.45, 7) is 1.08. The molecule has 0 spiro atoms. The van der Waals surface area contributed by atoms with Gasteiger partial charge in [-0.15, -0.1) is 0 Å². The molecule has 1 saturated carbocycles. The van der Waals surface area contributed by atoms with Crippen molar-refractivity contribution in [3.8, 4) is 0 Å². The highest BCUT2D eigenvalue weighted by Crippen LogP contribution is 2.30. The van der Waals surface area contributed by atoms with Crippen LogP contribution in [0.5, 0.6) is 0 Å². The molecule has 0 saturated heterocycles. The molecular formula is C14H18N4. The number of nitrogen functional groups attached to an aromatic ring is 1. The topological polar surface area (TPSA) is 55.0 Å². The fraction of sp³-hybridized carbons (Fsp3) is 0.429. The molecule has 2 N–H and O–H groups in total. The van der Waals surface area contributed by atoms with Gasteiger partial charge in [-0.05, 0) is 37.0 Å². The molecule has 18 heavy (non-hydrogen) atoms. The van der Waals surface area contributed by atoms with Gasteiger partial charge in [0, 0.05) is 24.7 Å². The number of benzene rings is 1. The monoisotopic (exact) mass is 242 g/mol. The number of nitrogens with two attached hydrogens (primary N) is 1. The minimum atomic E-state index is 0.744. The van der Waals surface area contributed by atoms with Gasteiger partial charge in [-0.1, -0.05) is 6.42 Å². The third-order valence-corrected chi connectivity index (χ3v) is 3.76. The standard InChI is InChI=1S/C14H18N4/c1-18(8-10-3-2-4-10)14-12-6-5-11(15)7-13(12)16-9-17-14/h5-7,9-10H,2-4,8,15H2,1H3. The minimum Gasteiger partial charge on any atom is -0.399 e. The largest absolute Gasteiger partial charge is 0.399 e. The number of anilines is 2. The molecule has 2 aromatic rings. The van der Waals surface area contributed by atoms with E-state index < -0.39 is 0 Å². The number of hydrogen-bond donors (Lipinski definition) is 1. The smallest absolute Gasteiger partial charge is 0.139 e. The first kappa shape index (κ1) is 11.3. The van der Waals surface area contributed by atoms with E-state index in [0.29, 0.717) is 0 Å². The zero-order valence-electron chi connectivity index (χ0n) is 10.6. The number of aromatic nitrogens is 2. The van der Waals surface area contributed by atoms with Crippen molar-refractivity contribution in [2.45, 2.75) is 19.3 Å². The van der Waals surface area contributed by atoms with E-state index in [1.807, 2.05) is 18.2 Å². The van der Waals surface area contributed by atoms with Crippen LogP contribution in [0.15, 0.2) is 24.5 Å². The molecule has 0 amide bonds. The summed E-state index contributed by atoms with van der Waals surface area (Å²) in [7, 11) is 2.11. The molecule has 1 heterocycles. The van der Waals surface area contributed by atoms with Crippen molar-refractivity contribution in [2.24, 2.45) is 5.92 Å². The Morgan fingerprint density at radius 3 is 2.89 bits per heavy atom. The van der Waals surface area contributed by atoms with Crippen LogP contribution in [0.3, 0.4) is 0 Å². The van der Waals surface area contributed by atoms with Crippen LogP contribution in [0.2, 0.25) is 0 Å². The maximum absolute atomic E-state index is 5.79. The number of rotatable bonds is 3. The van der Waals surface area contributed by atoms with E-state index in [-0.39, 0.29) is 0 Å². The van der Waals surface area contributed by atoms with Gasteiger partial charge in [0.2, 0.25) is 0 Å². The van der Waals surface area contributed by atoms with Crippen molar-refractivity contribution < 1.29 is 0 Å². The normalized spacial score (nSPS) is 15.6. The highest BCUT2D eigenvalue weighted by atomic mass is 15.2. The summed E-state index contributed by atoms with van der Waals surface area (Å²) >= 11 is 0. The van der Waals surface area contributed by atoms with E-state index in [0.717, 1.165) is 34.9 Å². The SMILES string of the molecule is CN(CC1CCC1)c1ncnc2cc(N)ccc12. The Hall–Kier alpha value is -1.84. The van der Waals surface area contributed by atoms with E-state index in [1.54, 1.807) is 6.33 Å². The van der Waals surface area contributed by atoms with Gasteiger partial charge in [0.15, 0.2) is 0 Å². The van der Waals surface area contributed by atoms with Crippen molar-refractivity contribution >= 4 is 22.4 Å². The summed E-state index contributed by atoms with van der Waals surface area (Å²) in [6, 6.07) is 5.82. The van der Waals surface area contributed by atoms with Gasteiger partial charge < -0.3 is 10.6 Å². The van der Waals surface area contributed by atoms with E-state index in [4.69, 9.17) is 5.73 Å². The van der Waals surface area contributed by atoms with Crippen LogP contribution in [0.1, 0.15) is 19.3 Å². The van der Waals surface area contributed by atoms with Crippen LogP contribution in [0, 0.1) is 5.92 Å². The summed E-state index contributed by atoms with van der Waals surface area (Å²) in [4.78, 5) is 10.9. The van der Waals surface area contributed by atoms with E-state index in [9.17, 15) is 0 Å². The lowest BCUT2D eigenvalue weighted by Crippen LogP contribution is -2.30. The van der Waals surface area contributed by atoms with Crippen molar-refractivity contribution in [2.75, 3.05) is 24.2 Å². The van der Waals surface area contributed by atoms with Gasteiger partial charge in [-0.3, -0.25) is 0 Å². The van der Waals surface area contributed by atoms with Gasteiger partial charge >= 0.3 is 0 Å². The van der Waals surface area contributed by atoms with Gasteiger partial charge in [0.1, 0.15) is 12.1 Å². The molecule has 0 bridgehead atoms. The molecule has 1 aromatic heterocycles. The summed E-state index contributed by atoms with van der Waals surface area (Å²) < 4.78 is 0. The lowest BCUT2D eigenvalue weighted by molar-refractivity contribution is 0.321. The fourth-order valence-corrected chi connectivity index (χ4v) is 2.51. The zero-order valence-corrected chi connectivity index (χ0v) is 10.6. The Labute approximate surface area is 107 Å². The molecule has 94 valence electrons. The molecule has 1 aliphatic carbocycles. The van der Waals surface area contributed by atoms with Crippen LogP contribution in [-0.2, 0) is 0 Å². The van der Waals surface area contributed by atoms with Crippen molar-refractivity contribution in [3.05, 3.63) is 24.5 Å². The van der Waals surface area contributed by atoms with Crippen molar-refractivity contribution in [1.82, 2.24) is 9.97 Å². The van der Waals surface area contributed by atoms with E-state index >= 15 is 0 Å². The first-order valence-electron chi connectivity index (χ1n) is 6.45. The number of hydrogen-bond acceptors (Lipinski definition) is 4. The first-order chi connectivity index (χ1) is 8.74. The van der Waals surface area contributed by atoms with E-state index in [2.05, 4.69) is 21.9 Å². The molecule has 1 fully saturated rings. The van der Waals surface area contributed by atoms with Gasteiger partial charge in [-0.25, -0.2) is 9.97 Å². The Morgan fingerprint density at radius 2 is 2.17 bits per heavy atom. The molecule has 0 radical (unpaired) electrons. The minimum absolute atomic E-state index is 0.744. The lowest BCUT2D eigenvalue weighted by atomic mass is 9.85. The first-order valence-corrected chi connectivity index (χ1v) is 6.45. The zero-order chi connectivity index (χ0) is 12.5. The van der Waals surface area contributed by atoms with Crippen molar-refractivity contribution in [3.63, 3.8) is 0 Å². The molecule has 4 nitrogen and oxygen atoms in total. The second-order valence-electron chi connectivity index (χ2n) is 5.15. The fourth-order valence-electron chi connectivity index (χ4n) is 2.51. The van der Waals surface area contributed by atoms with Crippen LogP contribution in [0.25, 0.3) is 10.9 Å². The molecule has 0 aliphatic heterocycles. The van der Waals surface area contributed by atoms with Gasteiger partial charge in [-0.2, -0.15) is 0 Å². The van der Waals surface area contributed by atoms with Crippen LogP contribution < -0.4 is 10.6 Å². The number of fused-ring (bicyclic) bond motifs is 1.